The third-order valence-electron chi connectivity index (χ3n) is 2.73. The molecule has 2 rings (SSSR count). The van der Waals surface area contributed by atoms with Gasteiger partial charge in [0.2, 0.25) is 5.89 Å². The largest absolute Gasteiger partial charge is 0.338 e. The van der Waals surface area contributed by atoms with Gasteiger partial charge in [-0.3, -0.25) is 9.69 Å². The molecule has 1 aromatic rings. The van der Waals surface area contributed by atoms with Gasteiger partial charge < -0.3 is 4.52 Å². The predicted octanol–water partition coefficient (Wildman–Crippen LogP) is 0.931. The number of piperidine rings is 1. The molecule has 5 heteroatoms. The molecule has 1 aliphatic heterocycles. The van der Waals surface area contributed by atoms with Gasteiger partial charge in [-0.25, -0.2) is 0 Å². The summed E-state index contributed by atoms with van der Waals surface area (Å²) in [6, 6.07) is 0.276. The monoisotopic (exact) mass is 209 g/mol. The van der Waals surface area contributed by atoms with Crippen LogP contribution in [0.5, 0.6) is 0 Å². The minimum absolute atomic E-state index is 0.276. The second kappa shape index (κ2) is 4.10. The smallest absolute Gasteiger partial charge is 0.240 e. The highest BCUT2D eigenvalue weighted by Gasteiger charge is 2.24. The summed E-state index contributed by atoms with van der Waals surface area (Å²) < 4.78 is 5.05. The molecule has 1 aliphatic rings. The Morgan fingerprint density at radius 3 is 3.00 bits per heavy atom. The molecule has 0 N–H and O–H groups in total. The molecule has 0 saturated carbocycles. The van der Waals surface area contributed by atoms with Crippen molar-refractivity contribution in [3.05, 3.63) is 11.7 Å². The fourth-order valence-electron chi connectivity index (χ4n) is 1.86. The Morgan fingerprint density at radius 2 is 2.40 bits per heavy atom. The van der Waals surface area contributed by atoms with E-state index in [-0.39, 0.29) is 6.04 Å². The standard InChI is InChI=1S/C10H15N3O2/c1-7-5-9(14)3-4-13(7)6-10-11-8(2)12-15-10/h7H,3-6H2,1-2H3. The lowest BCUT2D eigenvalue weighted by molar-refractivity contribution is -0.123. The molecule has 0 amide bonds. The molecule has 1 aromatic heterocycles. The van der Waals surface area contributed by atoms with Crippen LogP contribution in [-0.4, -0.2) is 33.4 Å². The molecule has 15 heavy (non-hydrogen) atoms. The van der Waals surface area contributed by atoms with Gasteiger partial charge in [0, 0.05) is 25.4 Å². The summed E-state index contributed by atoms with van der Waals surface area (Å²) in [6.45, 7) is 5.30. The number of aromatic nitrogens is 2. The van der Waals surface area contributed by atoms with Crippen LogP contribution in [0.2, 0.25) is 0 Å². The number of carbonyl (C=O) groups is 1. The molecule has 1 atom stereocenters. The Hall–Kier alpha value is -1.23. The van der Waals surface area contributed by atoms with Crippen LogP contribution in [0.15, 0.2) is 4.52 Å². The Morgan fingerprint density at radius 1 is 1.60 bits per heavy atom. The predicted molar refractivity (Wildman–Crippen MR) is 53.1 cm³/mol. The fourth-order valence-corrected chi connectivity index (χ4v) is 1.86. The van der Waals surface area contributed by atoms with Gasteiger partial charge in [-0.15, -0.1) is 0 Å². The van der Waals surface area contributed by atoms with E-state index in [1.807, 2.05) is 0 Å². The van der Waals surface area contributed by atoms with Crippen LogP contribution in [0.1, 0.15) is 31.5 Å². The van der Waals surface area contributed by atoms with E-state index in [9.17, 15) is 4.79 Å². The highest BCUT2D eigenvalue weighted by molar-refractivity contribution is 5.79. The highest BCUT2D eigenvalue weighted by atomic mass is 16.5. The zero-order valence-corrected chi connectivity index (χ0v) is 9.06. The van der Waals surface area contributed by atoms with Crippen molar-refractivity contribution in [3.63, 3.8) is 0 Å². The Bertz CT molecular complexity index is 361. The lowest BCUT2D eigenvalue weighted by atomic mass is 10.0. The number of nitrogens with zero attached hydrogens (tertiary/aromatic N) is 3. The molecule has 0 aromatic carbocycles. The van der Waals surface area contributed by atoms with Crippen LogP contribution in [0.3, 0.4) is 0 Å². The second-order valence-electron chi connectivity index (χ2n) is 4.05. The zero-order chi connectivity index (χ0) is 10.8. The van der Waals surface area contributed by atoms with Crippen LogP contribution in [0, 0.1) is 6.92 Å². The molecular formula is C10H15N3O2. The van der Waals surface area contributed by atoms with Gasteiger partial charge in [-0.1, -0.05) is 5.16 Å². The van der Waals surface area contributed by atoms with E-state index < -0.39 is 0 Å². The minimum atomic E-state index is 0.276. The van der Waals surface area contributed by atoms with E-state index in [2.05, 4.69) is 22.0 Å². The summed E-state index contributed by atoms with van der Waals surface area (Å²) in [7, 11) is 0. The molecule has 2 heterocycles. The van der Waals surface area contributed by atoms with E-state index in [1.54, 1.807) is 6.92 Å². The number of aryl methyl sites for hydroxylation is 1. The first-order chi connectivity index (χ1) is 7.15. The van der Waals surface area contributed by atoms with Gasteiger partial charge >= 0.3 is 0 Å². The third kappa shape index (κ3) is 2.41. The Kier molecular flexibility index (Phi) is 2.81. The van der Waals surface area contributed by atoms with E-state index >= 15 is 0 Å². The number of rotatable bonds is 2. The van der Waals surface area contributed by atoms with Gasteiger partial charge in [0.05, 0.1) is 6.54 Å². The number of ketones is 1. The summed E-state index contributed by atoms with van der Waals surface area (Å²) in [5.41, 5.74) is 0. The molecular weight excluding hydrogens is 194 g/mol. The van der Waals surface area contributed by atoms with E-state index in [0.717, 1.165) is 6.54 Å². The minimum Gasteiger partial charge on any atom is -0.338 e. The highest BCUT2D eigenvalue weighted by Crippen LogP contribution is 2.16. The maximum atomic E-state index is 11.2. The quantitative estimate of drug-likeness (QED) is 0.725. The van der Waals surface area contributed by atoms with Crippen molar-refractivity contribution in [2.24, 2.45) is 0 Å². The summed E-state index contributed by atoms with van der Waals surface area (Å²) >= 11 is 0. The molecule has 5 nitrogen and oxygen atoms in total. The van der Waals surface area contributed by atoms with Gasteiger partial charge in [-0.05, 0) is 13.8 Å². The topological polar surface area (TPSA) is 59.2 Å². The average molecular weight is 209 g/mol. The molecule has 1 saturated heterocycles. The van der Waals surface area contributed by atoms with Crippen molar-refractivity contribution in [2.45, 2.75) is 39.3 Å². The van der Waals surface area contributed by atoms with Crippen LogP contribution >= 0.6 is 0 Å². The Labute approximate surface area is 88.5 Å². The third-order valence-corrected chi connectivity index (χ3v) is 2.73. The van der Waals surface area contributed by atoms with Crippen LogP contribution < -0.4 is 0 Å². The number of hydrogen-bond donors (Lipinski definition) is 0. The summed E-state index contributed by atoms with van der Waals surface area (Å²) in [4.78, 5) is 17.6. The van der Waals surface area contributed by atoms with Crippen molar-refractivity contribution in [2.75, 3.05) is 6.54 Å². The second-order valence-corrected chi connectivity index (χ2v) is 4.05. The average Bonchev–Trinajstić information content (AvgIpc) is 2.56. The van der Waals surface area contributed by atoms with Gasteiger partial charge in [-0.2, -0.15) is 4.98 Å². The summed E-state index contributed by atoms with van der Waals surface area (Å²) in [6.07, 6.45) is 1.27. The normalized spacial score (nSPS) is 23.3. The van der Waals surface area contributed by atoms with Crippen LogP contribution in [-0.2, 0) is 11.3 Å². The van der Waals surface area contributed by atoms with Gasteiger partial charge in [0.1, 0.15) is 5.78 Å². The van der Waals surface area contributed by atoms with Crippen molar-refractivity contribution in [3.8, 4) is 0 Å². The number of hydrogen-bond acceptors (Lipinski definition) is 5. The molecule has 0 spiro atoms. The van der Waals surface area contributed by atoms with E-state index in [4.69, 9.17) is 4.52 Å². The fraction of sp³-hybridized carbons (Fsp3) is 0.700. The maximum absolute atomic E-state index is 11.2. The van der Waals surface area contributed by atoms with Crippen molar-refractivity contribution >= 4 is 5.78 Å². The van der Waals surface area contributed by atoms with Crippen molar-refractivity contribution < 1.29 is 9.32 Å². The molecule has 0 bridgehead atoms. The SMILES string of the molecule is Cc1noc(CN2CCC(=O)CC2C)n1. The molecule has 1 fully saturated rings. The van der Waals surface area contributed by atoms with Gasteiger partial charge in [0.15, 0.2) is 5.82 Å². The number of Topliss-reactive ketones (excluding diaryl/α,β-unsaturated/α-hetero) is 1. The molecule has 0 aliphatic carbocycles. The summed E-state index contributed by atoms with van der Waals surface area (Å²) in [5, 5.41) is 3.74. The van der Waals surface area contributed by atoms with Crippen LogP contribution in [0.25, 0.3) is 0 Å². The van der Waals surface area contributed by atoms with Crippen molar-refractivity contribution in [1.29, 1.82) is 0 Å². The van der Waals surface area contributed by atoms with Crippen LogP contribution in [0.4, 0.5) is 0 Å². The first-order valence-electron chi connectivity index (χ1n) is 5.20. The first-order valence-corrected chi connectivity index (χ1v) is 5.20. The first kappa shape index (κ1) is 10.3. The lowest BCUT2D eigenvalue weighted by Crippen LogP contribution is -2.40. The van der Waals surface area contributed by atoms with E-state index in [1.165, 1.54) is 0 Å². The Balaban J connectivity index is 1.97. The molecule has 0 radical (unpaired) electrons. The zero-order valence-electron chi connectivity index (χ0n) is 9.06. The van der Waals surface area contributed by atoms with E-state index in [0.29, 0.717) is 36.9 Å². The number of likely N-dealkylation sites (tertiary alicyclic amines) is 1. The molecule has 82 valence electrons. The molecule has 1 unspecified atom stereocenters. The van der Waals surface area contributed by atoms with Crippen molar-refractivity contribution in [1.82, 2.24) is 15.0 Å². The maximum Gasteiger partial charge on any atom is 0.240 e. The summed E-state index contributed by atoms with van der Waals surface area (Å²) in [5.74, 6) is 1.64. The lowest BCUT2D eigenvalue weighted by Gasteiger charge is -2.31. The van der Waals surface area contributed by atoms with Gasteiger partial charge in [0.25, 0.3) is 0 Å². The number of carbonyl (C=O) groups excluding carboxylic acids is 1.